The molecule has 0 saturated heterocycles. The predicted molar refractivity (Wildman–Crippen MR) is 63.8 cm³/mol. The monoisotopic (exact) mass is 277 g/mol. The maximum atomic E-state index is 13.1. The lowest BCUT2D eigenvalue weighted by Crippen LogP contribution is -2.15. The summed E-state index contributed by atoms with van der Waals surface area (Å²) < 4.78 is 34.9. The van der Waals surface area contributed by atoms with E-state index < -0.39 is 40.0 Å². The maximum absolute atomic E-state index is 13.1. The fourth-order valence-electron chi connectivity index (χ4n) is 1.04. The number of halogens is 2. The Bertz CT molecular complexity index is 519. The molecule has 0 saturated carbocycles. The summed E-state index contributed by atoms with van der Waals surface area (Å²) in [4.78, 5) is 21.5. The van der Waals surface area contributed by atoms with Gasteiger partial charge < -0.3 is 15.0 Å². The molecule has 18 heavy (non-hydrogen) atoms. The van der Waals surface area contributed by atoms with E-state index >= 15 is 0 Å². The summed E-state index contributed by atoms with van der Waals surface area (Å²) in [6.07, 6.45) is 0. The van der Waals surface area contributed by atoms with Crippen LogP contribution in [0, 0.1) is 11.6 Å². The first-order valence-corrected chi connectivity index (χ1v) is 6.01. The summed E-state index contributed by atoms with van der Waals surface area (Å²) in [5.74, 6) is -4.50. The molecule has 8 heteroatoms. The van der Waals surface area contributed by atoms with Crippen molar-refractivity contribution < 1.29 is 28.0 Å². The van der Waals surface area contributed by atoms with Crippen LogP contribution in [0.4, 0.5) is 14.5 Å². The smallest absolute Gasteiger partial charge is 0.315 e. The topological polar surface area (TPSA) is 86.6 Å². The largest absolute Gasteiger partial charge is 0.481 e. The van der Waals surface area contributed by atoms with Gasteiger partial charge in [0.1, 0.15) is 17.4 Å². The van der Waals surface area contributed by atoms with Crippen LogP contribution >= 0.6 is 10.8 Å². The molecule has 1 atom stereocenters. The first-order valence-electron chi connectivity index (χ1n) is 4.60. The van der Waals surface area contributed by atoms with E-state index in [1.807, 2.05) is 0 Å². The van der Waals surface area contributed by atoms with Crippen molar-refractivity contribution >= 4 is 33.7 Å². The third kappa shape index (κ3) is 4.60. The van der Waals surface area contributed by atoms with Gasteiger partial charge in [-0.2, -0.15) is 0 Å². The molecule has 0 aliphatic carbocycles. The quantitative estimate of drug-likeness (QED) is 0.728. The second kappa shape index (κ2) is 6.22. The van der Waals surface area contributed by atoms with E-state index in [4.69, 9.17) is 9.66 Å². The van der Waals surface area contributed by atoms with E-state index in [-0.39, 0.29) is 5.69 Å². The van der Waals surface area contributed by atoms with Crippen LogP contribution in [0.3, 0.4) is 0 Å². The predicted octanol–water partition coefficient (Wildman–Crippen LogP) is 1.53. The fourth-order valence-corrected chi connectivity index (χ4v) is 1.69. The van der Waals surface area contributed by atoms with Crippen molar-refractivity contribution in [3.8, 4) is 0 Å². The van der Waals surface area contributed by atoms with Crippen LogP contribution in [0.15, 0.2) is 18.2 Å². The molecular weight excluding hydrogens is 268 g/mol. The minimum atomic E-state index is -1.75. The van der Waals surface area contributed by atoms with Gasteiger partial charge in [-0.3, -0.25) is 9.59 Å². The summed E-state index contributed by atoms with van der Waals surface area (Å²) in [6.45, 7) is 0. The van der Waals surface area contributed by atoms with Crippen LogP contribution in [0.25, 0.3) is 0 Å². The summed E-state index contributed by atoms with van der Waals surface area (Å²) >= 11 is 0. The van der Waals surface area contributed by atoms with Crippen molar-refractivity contribution in [2.75, 3.05) is 11.1 Å². The highest BCUT2D eigenvalue weighted by Crippen LogP contribution is 2.15. The molecule has 0 bridgehead atoms. The summed E-state index contributed by atoms with van der Waals surface area (Å²) in [7, 11) is -1.75. The van der Waals surface area contributed by atoms with Crippen molar-refractivity contribution in [1.29, 1.82) is 0 Å². The summed E-state index contributed by atoms with van der Waals surface area (Å²) in [5.41, 5.74) is -0.259. The number of carbonyl (C=O) groups excluding carboxylic acids is 1. The zero-order valence-electron chi connectivity index (χ0n) is 8.89. The van der Waals surface area contributed by atoms with Crippen LogP contribution in [-0.4, -0.2) is 32.7 Å². The van der Waals surface area contributed by atoms with Crippen LogP contribution in [-0.2, 0) is 9.59 Å². The third-order valence-electron chi connectivity index (χ3n) is 1.70. The lowest BCUT2D eigenvalue weighted by molar-refractivity contribution is -0.134. The number of carbonyl (C=O) groups is 2. The highest BCUT2D eigenvalue weighted by molar-refractivity contribution is 8.11. The fraction of sp³-hybridized carbons (Fsp3) is 0.100. The highest BCUT2D eigenvalue weighted by atomic mass is 32.2. The maximum Gasteiger partial charge on any atom is 0.315 e. The standard InChI is InChI=1S/C10H9F2NO4S/c11-6-1-2-8(7(12)3-6)13-9(14)4-18(17)5-10(15)16/h1-4,17H,5H2,(H,13,14)(H,15,16). The van der Waals surface area contributed by atoms with Gasteiger partial charge in [-0.05, 0) is 22.9 Å². The average molecular weight is 277 g/mol. The first kappa shape index (κ1) is 14.3. The Morgan fingerprint density at radius 2 is 2.06 bits per heavy atom. The van der Waals surface area contributed by atoms with Crippen molar-refractivity contribution in [3.05, 3.63) is 29.8 Å². The third-order valence-corrected chi connectivity index (χ3v) is 2.73. The molecule has 3 N–H and O–H groups in total. The van der Waals surface area contributed by atoms with Gasteiger partial charge >= 0.3 is 5.97 Å². The lowest BCUT2D eigenvalue weighted by atomic mass is 10.3. The van der Waals surface area contributed by atoms with Crippen molar-refractivity contribution in [3.63, 3.8) is 0 Å². The van der Waals surface area contributed by atoms with Crippen molar-refractivity contribution in [2.24, 2.45) is 0 Å². The minimum absolute atomic E-state index is 0.259. The van der Waals surface area contributed by atoms with E-state index in [2.05, 4.69) is 5.32 Å². The van der Waals surface area contributed by atoms with Crippen LogP contribution < -0.4 is 5.32 Å². The second-order valence-corrected chi connectivity index (χ2v) is 4.50. The molecule has 0 aromatic heterocycles. The number of amides is 1. The first-order chi connectivity index (χ1) is 8.38. The average Bonchev–Trinajstić information content (AvgIpc) is 2.20. The van der Waals surface area contributed by atoms with E-state index in [0.717, 1.165) is 17.5 Å². The SMILES string of the molecule is O=C(O)CS(O)=CC(=O)Nc1ccc(F)cc1F. The van der Waals surface area contributed by atoms with E-state index in [1.54, 1.807) is 0 Å². The van der Waals surface area contributed by atoms with Gasteiger partial charge in [-0.1, -0.05) is 0 Å². The number of aliphatic carboxylic acids is 1. The van der Waals surface area contributed by atoms with Gasteiger partial charge in [0.25, 0.3) is 5.91 Å². The highest BCUT2D eigenvalue weighted by Gasteiger charge is 2.07. The second-order valence-electron chi connectivity index (χ2n) is 3.17. The Morgan fingerprint density at radius 3 is 2.61 bits per heavy atom. The number of rotatable bonds is 4. The zero-order chi connectivity index (χ0) is 13.7. The molecule has 0 aliphatic rings. The number of hydrogen-bond acceptors (Lipinski definition) is 3. The van der Waals surface area contributed by atoms with Gasteiger partial charge in [-0.25, -0.2) is 8.78 Å². The van der Waals surface area contributed by atoms with E-state index in [1.165, 1.54) is 0 Å². The number of carboxylic acid groups (broad SMARTS) is 1. The van der Waals surface area contributed by atoms with Gasteiger partial charge in [-0.15, -0.1) is 0 Å². The number of hydrogen-bond donors (Lipinski definition) is 3. The number of nitrogens with one attached hydrogen (secondary N) is 1. The Kier molecular flexibility index (Phi) is 4.93. The van der Waals surface area contributed by atoms with Crippen LogP contribution in [0.1, 0.15) is 0 Å². The normalized spacial score (nSPS) is 12.2. The Labute approximate surface area is 103 Å². The zero-order valence-corrected chi connectivity index (χ0v) is 9.71. The molecule has 0 aliphatic heterocycles. The Balaban J connectivity index is 2.73. The van der Waals surface area contributed by atoms with Crippen LogP contribution in [0.2, 0.25) is 0 Å². The molecule has 0 spiro atoms. The van der Waals surface area contributed by atoms with E-state index in [0.29, 0.717) is 6.07 Å². The minimum Gasteiger partial charge on any atom is -0.481 e. The Morgan fingerprint density at radius 1 is 1.39 bits per heavy atom. The number of benzene rings is 1. The van der Waals surface area contributed by atoms with E-state index in [9.17, 15) is 18.4 Å². The van der Waals surface area contributed by atoms with Crippen LogP contribution in [0.5, 0.6) is 0 Å². The van der Waals surface area contributed by atoms with Gasteiger partial charge in [0, 0.05) is 6.07 Å². The van der Waals surface area contributed by atoms with Crippen molar-refractivity contribution in [1.82, 2.24) is 0 Å². The molecule has 0 fully saturated rings. The number of carboxylic acids is 1. The molecule has 1 aromatic carbocycles. The molecule has 1 unspecified atom stereocenters. The molecule has 98 valence electrons. The van der Waals surface area contributed by atoms with Gasteiger partial charge in [0.2, 0.25) is 0 Å². The Hall–Kier alpha value is -1.80. The molecule has 1 amide bonds. The molecule has 1 aromatic rings. The summed E-state index contributed by atoms with van der Waals surface area (Å²) in [6, 6.07) is 2.56. The van der Waals surface area contributed by atoms with Gasteiger partial charge in [0.05, 0.1) is 11.1 Å². The lowest BCUT2D eigenvalue weighted by Gasteiger charge is -2.04. The number of anilines is 1. The molecule has 0 radical (unpaired) electrons. The van der Waals surface area contributed by atoms with Gasteiger partial charge in [0.15, 0.2) is 0 Å². The molecule has 0 heterocycles. The molecule has 1 rings (SSSR count). The van der Waals surface area contributed by atoms with Crippen molar-refractivity contribution in [2.45, 2.75) is 0 Å². The molecular formula is C10H9F2NO4S. The summed E-state index contributed by atoms with van der Waals surface area (Å²) in [5, 5.41) is 11.1. The molecule has 5 nitrogen and oxygen atoms in total.